The van der Waals surface area contributed by atoms with Gasteiger partial charge in [0.2, 0.25) is 0 Å². The topological polar surface area (TPSA) is 109 Å². The number of pyridine rings is 1. The maximum absolute atomic E-state index is 14.2. The van der Waals surface area contributed by atoms with Gasteiger partial charge in [0, 0.05) is 16.8 Å². The Morgan fingerprint density at radius 2 is 1.71 bits per heavy atom. The van der Waals surface area contributed by atoms with Gasteiger partial charge in [-0.05, 0) is 41.5 Å². The van der Waals surface area contributed by atoms with Crippen LogP contribution in [0.15, 0.2) is 48.5 Å². The molecule has 0 aliphatic carbocycles. The van der Waals surface area contributed by atoms with Crippen LogP contribution in [0.4, 0.5) is 39.5 Å². The molecule has 0 unspecified atom stereocenters. The van der Waals surface area contributed by atoms with E-state index in [1.807, 2.05) is 26.8 Å². The molecule has 2 aromatic carbocycles. The summed E-state index contributed by atoms with van der Waals surface area (Å²) in [7, 11) is 0. The van der Waals surface area contributed by atoms with Crippen molar-refractivity contribution in [2.24, 2.45) is 0 Å². The molecule has 0 saturated heterocycles. The first-order chi connectivity index (χ1) is 16.3. The van der Waals surface area contributed by atoms with E-state index in [0.717, 1.165) is 29.0 Å². The molecule has 11 heteroatoms. The molecule has 0 saturated carbocycles. The summed E-state index contributed by atoms with van der Waals surface area (Å²) in [6, 6.07) is 10.4. The third-order valence-corrected chi connectivity index (χ3v) is 5.33. The third-order valence-electron chi connectivity index (χ3n) is 5.33. The predicted octanol–water partition coefficient (Wildman–Crippen LogP) is 6.31. The monoisotopic (exact) mass is 486 g/mol. The van der Waals surface area contributed by atoms with E-state index >= 15 is 0 Å². The summed E-state index contributed by atoms with van der Waals surface area (Å²) in [5, 5.41) is 12.1. The van der Waals surface area contributed by atoms with Crippen LogP contribution in [0.25, 0.3) is 22.2 Å². The lowest BCUT2D eigenvalue weighted by atomic mass is 9.89. The van der Waals surface area contributed by atoms with Crippen molar-refractivity contribution < 1.29 is 22.4 Å². The molecule has 0 atom stereocenters. The Morgan fingerprint density at radius 3 is 2.34 bits per heavy atom. The quantitative estimate of drug-likeness (QED) is 0.255. The maximum Gasteiger partial charge on any atom is 0.419 e. The molecule has 0 fully saturated rings. The fraction of sp³-hybridized carbons (Fsp3) is 0.208. The van der Waals surface area contributed by atoms with Gasteiger partial charge in [-0.15, -0.1) is 0 Å². The van der Waals surface area contributed by atoms with Crippen molar-refractivity contribution in [3.8, 4) is 11.1 Å². The van der Waals surface area contributed by atoms with Crippen LogP contribution in [0.5, 0.6) is 0 Å². The van der Waals surface area contributed by atoms with Crippen LogP contribution in [0.2, 0.25) is 0 Å². The Labute approximate surface area is 197 Å². The number of hydrogen-bond acceptors (Lipinski definition) is 4. The van der Waals surface area contributed by atoms with E-state index in [1.54, 1.807) is 24.3 Å². The molecule has 7 nitrogen and oxygen atoms in total. The molecule has 0 aliphatic rings. The van der Waals surface area contributed by atoms with Gasteiger partial charge < -0.3 is 16.4 Å². The number of amides is 2. The van der Waals surface area contributed by atoms with Crippen LogP contribution in [0.3, 0.4) is 0 Å². The van der Waals surface area contributed by atoms with E-state index in [4.69, 9.17) is 5.73 Å². The summed E-state index contributed by atoms with van der Waals surface area (Å²) in [4.78, 5) is 16.9. The summed E-state index contributed by atoms with van der Waals surface area (Å²) < 4.78 is 52.9. The lowest BCUT2D eigenvalue weighted by molar-refractivity contribution is -0.139. The maximum atomic E-state index is 14.2. The molecule has 4 aromatic rings. The van der Waals surface area contributed by atoms with E-state index in [9.17, 15) is 22.4 Å². The van der Waals surface area contributed by atoms with E-state index in [1.165, 1.54) is 0 Å². The van der Waals surface area contributed by atoms with Crippen LogP contribution in [0, 0.1) is 5.82 Å². The van der Waals surface area contributed by atoms with Gasteiger partial charge in [-0.25, -0.2) is 14.2 Å². The third kappa shape index (κ3) is 4.88. The molecule has 0 bridgehead atoms. The van der Waals surface area contributed by atoms with Crippen molar-refractivity contribution in [3.05, 3.63) is 65.6 Å². The van der Waals surface area contributed by atoms with Crippen LogP contribution < -0.4 is 16.4 Å². The number of anilines is 3. The van der Waals surface area contributed by atoms with Crippen molar-refractivity contribution in [1.29, 1.82) is 0 Å². The van der Waals surface area contributed by atoms with Crippen LogP contribution in [-0.4, -0.2) is 21.2 Å². The minimum Gasteiger partial charge on any atom is -0.382 e. The minimum absolute atomic E-state index is 0.235. The largest absolute Gasteiger partial charge is 0.419 e. The number of aromatic nitrogens is 3. The van der Waals surface area contributed by atoms with Crippen LogP contribution in [0.1, 0.15) is 32.0 Å². The second kappa shape index (κ2) is 8.57. The lowest BCUT2D eigenvalue weighted by Crippen LogP contribution is -2.21. The lowest BCUT2D eigenvalue weighted by Gasteiger charge is -2.19. The summed E-state index contributed by atoms with van der Waals surface area (Å²) >= 11 is 0. The molecule has 4 rings (SSSR count). The van der Waals surface area contributed by atoms with Crippen LogP contribution >= 0.6 is 0 Å². The zero-order valence-corrected chi connectivity index (χ0v) is 19.0. The number of fused-ring (bicyclic) bond motifs is 1. The van der Waals surface area contributed by atoms with E-state index in [2.05, 4.69) is 25.8 Å². The van der Waals surface area contributed by atoms with Gasteiger partial charge in [0.05, 0.1) is 16.6 Å². The van der Waals surface area contributed by atoms with Gasteiger partial charge in [-0.3, -0.25) is 5.10 Å². The molecule has 2 amide bonds. The Bertz CT molecular complexity index is 1400. The summed E-state index contributed by atoms with van der Waals surface area (Å²) in [6.07, 6.45) is -4.88. The van der Waals surface area contributed by atoms with Crippen molar-refractivity contribution in [2.45, 2.75) is 32.4 Å². The molecule has 0 spiro atoms. The fourth-order valence-electron chi connectivity index (χ4n) is 3.53. The first kappa shape index (κ1) is 24.0. The Balaban J connectivity index is 1.58. The number of nitrogen functional groups attached to an aromatic ring is 1. The molecular weight excluding hydrogens is 464 g/mol. The second-order valence-corrected chi connectivity index (χ2v) is 8.96. The van der Waals surface area contributed by atoms with Crippen LogP contribution in [-0.2, 0) is 11.6 Å². The number of hydrogen-bond donors (Lipinski definition) is 4. The zero-order valence-electron chi connectivity index (χ0n) is 19.0. The van der Waals surface area contributed by atoms with Gasteiger partial charge in [-0.1, -0.05) is 39.0 Å². The summed E-state index contributed by atoms with van der Waals surface area (Å²) in [5.74, 6) is -1.26. The molecule has 182 valence electrons. The first-order valence-corrected chi connectivity index (χ1v) is 10.5. The molecule has 2 aromatic heterocycles. The number of alkyl halides is 3. The predicted molar refractivity (Wildman–Crippen MR) is 126 cm³/mol. The van der Waals surface area contributed by atoms with Crippen molar-refractivity contribution in [1.82, 2.24) is 15.2 Å². The summed E-state index contributed by atoms with van der Waals surface area (Å²) in [5.41, 5.74) is 7.07. The first-order valence-electron chi connectivity index (χ1n) is 10.5. The summed E-state index contributed by atoms with van der Waals surface area (Å²) in [6.45, 7) is 6.09. The number of halogens is 4. The zero-order chi connectivity index (χ0) is 25.5. The number of aromatic amines is 1. The average Bonchev–Trinajstić information content (AvgIpc) is 3.15. The van der Waals surface area contributed by atoms with Gasteiger partial charge in [0.1, 0.15) is 0 Å². The fourth-order valence-corrected chi connectivity index (χ4v) is 3.53. The highest BCUT2D eigenvalue weighted by molar-refractivity contribution is 6.02. The smallest absolute Gasteiger partial charge is 0.382 e. The number of carbonyl (C=O) groups excluding carboxylic acids is 1. The van der Waals surface area contributed by atoms with Crippen molar-refractivity contribution >= 4 is 34.3 Å². The number of H-pyrrole nitrogens is 1. The molecule has 5 N–H and O–H groups in total. The number of nitrogens with zero attached hydrogens (tertiary/aromatic N) is 2. The standard InChI is InChI=1S/C24H22F4N6O/c1-23(2,3)17-11-14(18-20(29)33-34-21(18)32-17)12-7-9-13(10-8-12)30-22(35)31-16-6-4-5-15(19(16)25)24(26,27)28/h4-11H,1-3H3,(H2,30,31,35)(H3,29,32,33,34). The number of nitrogens with two attached hydrogens (primary N) is 1. The molecule has 0 radical (unpaired) electrons. The SMILES string of the molecule is CC(C)(C)c1cc(-c2ccc(NC(=O)Nc3cccc(C(F)(F)F)c3F)cc2)c2c(N)n[nH]c2n1. The highest BCUT2D eigenvalue weighted by Crippen LogP contribution is 2.36. The molecular formula is C24H22F4N6O. The normalized spacial score (nSPS) is 12.1. The highest BCUT2D eigenvalue weighted by atomic mass is 19.4. The Kier molecular flexibility index (Phi) is 5.87. The van der Waals surface area contributed by atoms with Gasteiger partial charge >= 0.3 is 12.2 Å². The molecule has 0 aliphatic heterocycles. The number of urea groups is 1. The van der Waals surface area contributed by atoms with Crippen molar-refractivity contribution in [2.75, 3.05) is 16.4 Å². The van der Waals surface area contributed by atoms with Gasteiger partial charge in [-0.2, -0.15) is 18.3 Å². The number of carbonyl (C=O) groups is 1. The van der Waals surface area contributed by atoms with E-state index < -0.39 is 29.3 Å². The van der Waals surface area contributed by atoms with E-state index in [0.29, 0.717) is 28.6 Å². The van der Waals surface area contributed by atoms with Crippen molar-refractivity contribution in [3.63, 3.8) is 0 Å². The molecule has 35 heavy (non-hydrogen) atoms. The average molecular weight is 486 g/mol. The Morgan fingerprint density at radius 1 is 1.03 bits per heavy atom. The molecule has 2 heterocycles. The minimum atomic E-state index is -4.88. The number of nitrogens with one attached hydrogen (secondary N) is 3. The number of benzene rings is 2. The van der Waals surface area contributed by atoms with Gasteiger partial charge in [0.25, 0.3) is 0 Å². The highest BCUT2D eigenvalue weighted by Gasteiger charge is 2.35. The number of rotatable bonds is 3. The van der Waals surface area contributed by atoms with E-state index in [-0.39, 0.29) is 5.41 Å². The Hall–Kier alpha value is -4.15. The van der Waals surface area contributed by atoms with Gasteiger partial charge in [0.15, 0.2) is 17.3 Å². The second-order valence-electron chi connectivity index (χ2n) is 8.96.